The van der Waals surface area contributed by atoms with Crippen molar-refractivity contribution in [3.63, 3.8) is 0 Å². The Labute approximate surface area is 149 Å². The predicted molar refractivity (Wildman–Crippen MR) is 91.7 cm³/mol. The summed E-state index contributed by atoms with van der Waals surface area (Å²) in [7, 11) is 0. The Hall–Kier alpha value is -3.04. The van der Waals surface area contributed by atoms with E-state index in [9.17, 15) is 29.8 Å². The normalized spacial score (nSPS) is 11.9. The number of nitro groups is 2. The fourth-order valence-electron chi connectivity index (χ4n) is 2.18. The van der Waals surface area contributed by atoms with E-state index < -0.39 is 39.1 Å². The van der Waals surface area contributed by atoms with Crippen molar-refractivity contribution >= 4 is 23.3 Å². The van der Waals surface area contributed by atoms with Crippen LogP contribution < -0.4 is 5.32 Å². The molecule has 0 saturated carbocycles. The minimum Gasteiger partial charge on any atom is -0.461 e. The molecule has 1 amide bonds. The monoisotopic (exact) mass is 367 g/mol. The highest BCUT2D eigenvalue weighted by molar-refractivity contribution is 5.98. The van der Waals surface area contributed by atoms with Gasteiger partial charge in [-0.2, -0.15) is 0 Å². The van der Waals surface area contributed by atoms with Crippen LogP contribution >= 0.6 is 0 Å². The maximum Gasteiger partial charge on any atom is 0.328 e. The van der Waals surface area contributed by atoms with Gasteiger partial charge in [0.1, 0.15) is 6.04 Å². The molecule has 0 fully saturated rings. The van der Waals surface area contributed by atoms with E-state index in [0.717, 1.165) is 18.2 Å². The molecule has 0 aliphatic rings. The Morgan fingerprint density at radius 2 is 1.54 bits per heavy atom. The van der Waals surface area contributed by atoms with Crippen molar-refractivity contribution in [2.75, 3.05) is 0 Å². The molecule has 142 valence electrons. The summed E-state index contributed by atoms with van der Waals surface area (Å²) < 4.78 is 5.10. The molecule has 0 saturated heterocycles. The first-order chi connectivity index (χ1) is 12.0. The Morgan fingerprint density at radius 1 is 1.04 bits per heavy atom. The van der Waals surface area contributed by atoms with Crippen LogP contribution in [-0.4, -0.2) is 33.9 Å². The van der Waals surface area contributed by atoms with Crippen molar-refractivity contribution in [1.29, 1.82) is 0 Å². The standard InChI is InChI=1S/C16H21N3O7/c1-9(2)5-14(16(21)26-10(3)4)17-15(20)11-6-12(18(22)23)8-13(7-11)19(24)25/h6-10,14H,5H2,1-4H3,(H,17,20)/t14-/m1/s1. The van der Waals surface area contributed by atoms with Gasteiger partial charge in [0.15, 0.2) is 0 Å². The van der Waals surface area contributed by atoms with Crippen LogP contribution in [0.15, 0.2) is 18.2 Å². The molecule has 1 atom stereocenters. The molecule has 0 heterocycles. The molecule has 10 nitrogen and oxygen atoms in total. The Bertz CT molecular complexity index is 684. The largest absolute Gasteiger partial charge is 0.461 e. The van der Waals surface area contributed by atoms with Gasteiger partial charge in [-0.15, -0.1) is 0 Å². The highest BCUT2D eigenvalue weighted by Gasteiger charge is 2.26. The maximum absolute atomic E-state index is 12.4. The summed E-state index contributed by atoms with van der Waals surface area (Å²) >= 11 is 0. The van der Waals surface area contributed by atoms with Gasteiger partial charge < -0.3 is 10.1 Å². The molecular formula is C16H21N3O7. The first kappa shape index (κ1) is 21.0. The van der Waals surface area contributed by atoms with E-state index in [1.54, 1.807) is 13.8 Å². The van der Waals surface area contributed by atoms with Crippen LogP contribution in [0.3, 0.4) is 0 Å². The van der Waals surface area contributed by atoms with E-state index in [1.807, 2.05) is 13.8 Å². The lowest BCUT2D eigenvalue weighted by molar-refractivity contribution is -0.394. The van der Waals surface area contributed by atoms with Gasteiger partial charge >= 0.3 is 5.97 Å². The van der Waals surface area contributed by atoms with Crippen LogP contribution in [-0.2, 0) is 9.53 Å². The van der Waals surface area contributed by atoms with Gasteiger partial charge in [-0.05, 0) is 26.2 Å². The van der Waals surface area contributed by atoms with Crippen molar-refractivity contribution in [3.8, 4) is 0 Å². The van der Waals surface area contributed by atoms with Crippen LogP contribution in [0.25, 0.3) is 0 Å². The van der Waals surface area contributed by atoms with Crippen LogP contribution in [0.4, 0.5) is 11.4 Å². The van der Waals surface area contributed by atoms with Gasteiger partial charge in [-0.3, -0.25) is 25.0 Å². The number of carbonyl (C=O) groups is 2. The lowest BCUT2D eigenvalue weighted by Crippen LogP contribution is -2.43. The zero-order chi connectivity index (χ0) is 20.0. The maximum atomic E-state index is 12.4. The number of amides is 1. The number of ether oxygens (including phenoxy) is 1. The first-order valence-electron chi connectivity index (χ1n) is 7.96. The SMILES string of the molecule is CC(C)C[C@@H](NC(=O)c1cc([N+](=O)[O-])cc([N+](=O)[O-])c1)C(=O)OC(C)C. The van der Waals surface area contributed by atoms with Gasteiger partial charge in [0, 0.05) is 12.1 Å². The zero-order valence-electron chi connectivity index (χ0n) is 14.9. The molecule has 1 N–H and O–H groups in total. The Kier molecular flexibility index (Phi) is 7.17. The number of benzene rings is 1. The minimum absolute atomic E-state index is 0.0551. The van der Waals surface area contributed by atoms with Crippen molar-refractivity contribution < 1.29 is 24.2 Å². The second-order valence-corrected chi connectivity index (χ2v) is 6.39. The molecule has 0 unspecified atom stereocenters. The number of nitrogens with one attached hydrogen (secondary N) is 1. The van der Waals surface area contributed by atoms with Crippen LogP contribution in [0.5, 0.6) is 0 Å². The van der Waals surface area contributed by atoms with E-state index >= 15 is 0 Å². The highest BCUT2D eigenvalue weighted by atomic mass is 16.6. The smallest absolute Gasteiger partial charge is 0.328 e. The molecule has 1 rings (SSSR count). The molecule has 10 heteroatoms. The summed E-state index contributed by atoms with van der Waals surface area (Å²) in [4.78, 5) is 44.8. The number of nitro benzene ring substituents is 2. The fraction of sp³-hybridized carbons (Fsp3) is 0.500. The zero-order valence-corrected chi connectivity index (χ0v) is 14.9. The quantitative estimate of drug-likeness (QED) is 0.423. The van der Waals surface area contributed by atoms with E-state index in [2.05, 4.69) is 5.32 Å². The van der Waals surface area contributed by atoms with Crippen LogP contribution in [0.2, 0.25) is 0 Å². The molecule has 0 aliphatic heterocycles. The van der Waals surface area contributed by atoms with E-state index in [0.29, 0.717) is 0 Å². The molecule has 0 bridgehead atoms. The molecule has 1 aromatic rings. The molecule has 0 aromatic heterocycles. The predicted octanol–water partition coefficient (Wildman–Crippen LogP) is 2.60. The summed E-state index contributed by atoms with van der Waals surface area (Å²) in [6.45, 7) is 7.02. The summed E-state index contributed by atoms with van der Waals surface area (Å²) in [6.07, 6.45) is -0.0955. The van der Waals surface area contributed by atoms with Crippen molar-refractivity contribution in [2.24, 2.45) is 5.92 Å². The lowest BCUT2D eigenvalue weighted by atomic mass is 10.0. The van der Waals surface area contributed by atoms with Crippen molar-refractivity contribution in [2.45, 2.75) is 46.3 Å². The minimum atomic E-state index is -0.969. The van der Waals surface area contributed by atoms with Crippen LogP contribution in [0, 0.1) is 26.1 Å². The number of rotatable bonds is 8. The number of hydrogen-bond donors (Lipinski definition) is 1. The topological polar surface area (TPSA) is 142 Å². The van der Waals surface area contributed by atoms with Crippen molar-refractivity contribution in [3.05, 3.63) is 44.0 Å². The highest BCUT2D eigenvalue weighted by Crippen LogP contribution is 2.23. The average molecular weight is 367 g/mol. The lowest BCUT2D eigenvalue weighted by Gasteiger charge is -2.20. The molecule has 26 heavy (non-hydrogen) atoms. The fourth-order valence-corrected chi connectivity index (χ4v) is 2.18. The van der Waals surface area contributed by atoms with Gasteiger partial charge in [0.25, 0.3) is 17.3 Å². The molecule has 0 radical (unpaired) electrons. The van der Waals surface area contributed by atoms with Gasteiger partial charge in [-0.25, -0.2) is 4.79 Å². The van der Waals surface area contributed by atoms with E-state index in [4.69, 9.17) is 4.74 Å². The summed E-state index contributed by atoms with van der Waals surface area (Å²) in [6, 6.07) is 1.63. The molecule has 0 spiro atoms. The number of nitrogens with zero attached hydrogens (tertiary/aromatic N) is 2. The second kappa shape index (κ2) is 8.88. The van der Waals surface area contributed by atoms with E-state index in [1.165, 1.54) is 0 Å². The molecular weight excluding hydrogens is 346 g/mol. The summed E-state index contributed by atoms with van der Waals surface area (Å²) in [5, 5.41) is 24.3. The van der Waals surface area contributed by atoms with Gasteiger partial charge in [-0.1, -0.05) is 13.8 Å². The molecule has 1 aromatic carbocycles. The van der Waals surface area contributed by atoms with Crippen LogP contribution in [0.1, 0.15) is 44.5 Å². The Balaban J connectivity index is 3.13. The first-order valence-corrected chi connectivity index (χ1v) is 7.96. The third kappa shape index (κ3) is 6.11. The Morgan fingerprint density at radius 3 is 1.92 bits per heavy atom. The average Bonchev–Trinajstić information content (AvgIpc) is 2.52. The summed E-state index contributed by atoms with van der Waals surface area (Å²) in [5.41, 5.74) is -1.46. The third-order valence-corrected chi connectivity index (χ3v) is 3.24. The number of hydrogen-bond acceptors (Lipinski definition) is 7. The third-order valence-electron chi connectivity index (χ3n) is 3.24. The van der Waals surface area contributed by atoms with E-state index in [-0.39, 0.29) is 24.0 Å². The van der Waals surface area contributed by atoms with Gasteiger partial charge in [0.05, 0.1) is 27.6 Å². The number of non-ortho nitro benzene ring substituents is 2. The van der Waals surface area contributed by atoms with Gasteiger partial charge in [0.2, 0.25) is 0 Å². The van der Waals surface area contributed by atoms with Crippen molar-refractivity contribution in [1.82, 2.24) is 5.32 Å². The summed E-state index contributed by atoms with van der Waals surface area (Å²) in [5.74, 6) is -1.41. The molecule has 0 aliphatic carbocycles. The number of carbonyl (C=O) groups excluding carboxylic acids is 2. The second-order valence-electron chi connectivity index (χ2n) is 6.39. The number of esters is 1.